The van der Waals surface area contributed by atoms with Crippen molar-refractivity contribution in [3.05, 3.63) is 39.5 Å². The van der Waals surface area contributed by atoms with Gasteiger partial charge in [-0.25, -0.2) is 9.59 Å². The summed E-state index contributed by atoms with van der Waals surface area (Å²) in [5.74, 6) is -2.55. The van der Waals surface area contributed by atoms with Crippen LogP contribution in [0, 0.1) is 12.8 Å². The van der Waals surface area contributed by atoms with Crippen LogP contribution >= 0.6 is 0 Å². The van der Waals surface area contributed by atoms with Crippen LogP contribution in [0.15, 0.2) is 11.6 Å². The minimum absolute atomic E-state index is 0.0131. The van der Waals surface area contributed by atoms with Gasteiger partial charge in [0.15, 0.2) is 0 Å². The molecule has 1 heterocycles. The number of ether oxygens (including phenoxy) is 2. The second kappa shape index (κ2) is 7.59. The highest BCUT2D eigenvalue weighted by Crippen LogP contribution is 2.38. The van der Waals surface area contributed by atoms with Crippen molar-refractivity contribution in [1.82, 2.24) is 0 Å². The maximum Gasteiger partial charge on any atom is 0.339 e. The Balaban J connectivity index is 2.56. The van der Waals surface area contributed by atoms with Crippen molar-refractivity contribution in [2.24, 2.45) is 5.92 Å². The molecule has 0 fully saturated rings. The maximum atomic E-state index is 12.1. The Morgan fingerprint density at radius 3 is 2.54 bits per heavy atom. The second-order valence-corrected chi connectivity index (χ2v) is 6.40. The standard InChI is InChI=1S/C19H22O7/c1-9(10(2)7-14(20)21)5-6-12-15(18(22)23)16-13(8-26-19(16)24)11(3)17(12)25-4/h5,10H,6-8H2,1-4H3,(H,20,21)(H,22,23)/b9-5+. The van der Waals surface area contributed by atoms with Gasteiger partial charge < -0.3 is 19.7 Å². The number of rotatable bonds is 7. The smallest absolute Gasteiger partial charge is 0.339 e. The molecule has 1 aliphatic heterocycles. The number of esters is 1. The average Bonchev–Trinajstić information content (AvgIpc) is 2.93. The highest BCUT2D eigenvalue weighted by atomic mass is 16.5. The quantitative estimate of drug-likeness (QED) is 0.567. The molecule has 1 aliphatic rings. The third-order valence-corrected chi connectivity index (χ3v) is 4.78. The number of carboxylic acid groups (broad SMARTS) is 2. The molecule has 1 atom stereocenters. The van der Waals surface area contributed by atoms with Crippen LogP contribution in [-0.4, -0.2) is 35.2 Å². The van der Waals surface area contributed by atoms with Crippen molar-refractivity contribution >= 4 is 17.9 Å². The lowest BCUT2D eigenvalue weighted by Gasteiger charge is -2.17. The first-order chi connectivity index (χ1) is 12.2. The maximum absolute atomic E-state index is 12.1. The molecule has 0 spiro atoms. The molecule has 0 saturated carbocycles. The van der Waals surface area contributed by atoms with Crippen molar-refractivity contribution in [3.63, 3.8) is 0 Å². The zero-order valence-corrected chi connectivity index (χ0v) is 15.2. The lowest BCUT2D eigenvalue weighted by atomic mass is 9.89. The number of aliphatic carboxylic acids is 1. The van der Waals surface area contributed by atoms with Crippen LogP contribution in [-0.2, 0) is 22.6 Å². The van der Waals surface area contributed by atoms with E-state index in [0.29, 0.717) is 22.4 Å². The van der Waals surface area contributed by atoms with E-state index in [1.54, 1.807) is 26.8 Å². The molecule has 1 aromatic carbocycles. The zero-order chi connectivity index (χ0) is 19.6. The summed E-state index contributed by atoms with van der Waals surface area (Å²) >= 11 is 0. The highest BCUT2D eigenvalue weighted by molar-refractivity contribution is 6.07. The molecule has 0 radical (unpaired) electrons. The third kappa shape index (κ3) is 3.56. The minimum atomic E-state index is -1.22. The Labute approximate surface area is 151 Å². The number of hydrogen-bond acceptors (Lipinski definition) is 5. The first-order valence-electron chi connectivity index (χ1n) is 8.20. The van der Waals surface area contributed by atoms with Crippen LogP contribution in [0.25, 0.3) is 0 Å². The van der Waals surface area contributed by atoms with E-state index in [1.807, 2.05) is 0 Å². The Morgan fingerprint density at radius 2 is 2.00 bits per heavy atom. The van der Waals surface area contributed by atoms with E-state index in [2.05, 4.69) is 0 Å². The van der Waals surface area contributed by atoms with Crippen LogP contribution in [0.3, 0.4) is 0 Å². The number of carbonyl (C=O) groups is 3. The average molecular weight is 362 g/mol. The van der Waals surface area contributed by atoms with Crippen LogP contribution in [0.1, 0.15) is 57.7 Å². The van der Waals surface area contributed by atoms with Gasteiger partial charge in [-0.2, -0.15) is 0 Å². The van der Waals surface area contributed by atoms with Gasteiger partial charge in [0.2, 0.25) is 0 Å². The highest BCUT2D eigenvalue weighted by Gasteiger charge is 2.34. The number of carboxylic acids is 2. The number of allylic oxidation sites excluding steroid dienone is 2. The van der Waals surface area contributed by atoms with Gasteiger partial charge in [-0.15, -0.1) is 0 Å². The second-order valence-electron chi connectivity index (χ2n) is 6.40. The molecule has 0 amide bonds. The number of hydrogen-bond donors (Lipinski definition) is 2. The number of benzene rings is 1. The summed E-state index contributed by atoms with van der Waals surface area (Å²) in [5.41, 5.74) is 2.39. The molecule has 0 saturated heterocycles. The summed E-state index contributed by atoms with van der Waals surface area (Å²) in [6.45, 7) is 5.38. The minimum Gasteiger partial charge on any atom is -0.496 e. The molecule has 0 bridgehead atoms. The van der Waals surface area contributed by atoms with E-state index in [9.17, 15) is 19.5 Å². The van der Waals surface area contributed by atoms with Gasteiger partial charge in [0.25, 0.3) is 0 Å². The van der Waals surface area contributed by atoms with Crippen LogP contribution in [0.5, 0.6) is 5.75 Å². The van der Waals surface area contributed by atoms with Gasteiger partial charge >= 0.3 is 17.9 Å². The normalized spacial score (nSPS) is 14.6. The van der Waals surface area contributed by atoms with Crippen LogP contribution in [0.2, 0.25) is 0 Å². The molecule has 1 unspecified atom stereocenters. The predicted octanol–water partition coefficient (Wildman–Crippen LogP) is 2.97. The lowest BCUT2D eigenvalue weighted by molar-refractivity contribution is -0.137. The first-order valence-corrected chi connectivity index (χ1v) is 8.20. The fourth-order valence-corrected chi connectivity index (χ4v) is 3.18. The molecule has 0 aromatic heterocycles. The van der Waals surface area contributed by atoms with E-state index >= 15 is 0 Å². The van der Waals surface area contributed by atoms with E-state index in [-0.39, 0.29) is 36.5 Å². The first kappa shape index (κ1) is 19.5. The molecular formula is C19H22O7. The molecule has 2 N–H and O–H groups in total. The zero-order valence-electron chi connectivity index (χ0n) is 15.2. The van der Waals surface area contributed by atoms with Gasteiger partial charge in [0.05, 0.1) is 24.7 Å². The van der Waals surface area contributed by atoms with Gasteiger partial charge in [0, 0.05) is 11.1 Å². The van der Waals surface area contributed by atoms with Gasteiger partial charge in [-0.1, -0.05) is 18.6 Å². The van der Waals surface area contributed by atoms with Crippen molar-refractivity contribution < 1.29 is 34.1 Å². The Bertz CT molecular complexity index is 805. The van der Waals surface area contributed by atoms with E-state index in [1.165, 1.54) is 7.11 Å². The van der Waals surface area contributed by atoms with E-state index in [4.69, 9.17) is 14.6 Å². The fourth-order valence-electron chi connectivity index (χ4n) is 3.18. The van der Waals surface area contributed by atoms with Crippen molar-refractivity contribution in [1.29, 1.82) is 0 Å². The van der Waals surface area contributed by atoms with Gasteiger partial charge in [-0.05, 0) is 31.7 Å². The van der Waals surface area contributed by atoms with E-state index in [0.717, 1.165) is 5.57 Å². The predicted molar refractivity (Wildman–Crippen MR) is 92.7 cm³/mol. The van der Waals surface area contributed by atoms with Crippen molar-refractivity contribution in [2.45, 2.75) is 40.2 Å². The summed E-state index contributed by atoms with van der Waals surface area (Å²) < 4.78 is 10.4. The molecule has 1 aromatic rings. The summed E-state index contributed by atoms with van der Waals surface area (Å²) in [6.07, 6.45) is 1.98. The summed E-state index contributed by atoms with van der Waals surface area (Å²) in [5, 5.41) is 18.6. The Hall–Kier alpha value is -2.83. The topological polar surface area (TPSA) is 110 Å². The third-order valence-electron chi connectivity index (χ3n) is 4.78. The molecule has 7 heteroatoms. The Kier molecular flexibility index (Phi) is 5.69. The SMILES string of the molecule is COc1c(C)c2c(c(C(=O)O)c1C/C=C(\C)C(C)CC(=O)O)C(=O)OC2. The summed E-state index contributed by atoms with van der Waals surface area (Å²) in [4.78, 5) is 34.8. The largest absolute Gasteiger partial charge is 0.496 e. The molecular weight excluding hydrogens is 340 g/mol. The molecule has 2 rings (SSSR count). The molecule has 26 heavy (non-hydrogen) atoms. The van der Waals surface area contributed by atoms with Crippen LogP contribution < -0.4 is 4.74 Å². The number of methoxy groups -OCH3 is 1. The number of carbonyl (C=O) groups excluding carboxylic acids is 1. The molecule has 140 valence electrons. The summed E-state index contributed by atoms with van der Waals surface area (Å²) in [6, 6.07) is 0. The van der Waals surface area contributed by atoms with Gasteiger partial charge in [0.1, 0.15) is 12.4 Å². The van der Waals surface area contributed by atoms with Crippen LogP contribution in [0.4, 0.5) is 0 Å². The Morgan fingerprint density at radius 1 is 1.35 bits per heavy atom. The molecule has 0 aliphatic carbocycles. The monoisotopic (exact) mass is 362 g/mol. The summed E-state index contributed by atoms with van der Waals surface area (Å²) in [7, 11) is 1.45. The number of fused-ring (bicyclic) bond motifs is 1. The van der Waals surface area contributed by atoms with E-state index < -0.39 is 17.9 Å². The lowest BCUT2D eigenvalue weighted by Crippen LogP contribution is -2.14. The number of aromatic carboxylic acids is 1. The molecule has 7 nitrogen and oxygen atoms in total. The number of cyclic esters (lactones) is 1. The fraction of sp³-hybridized carbons (Fsp3) is 0.421. The van der Waals surface area contributed by atoms with Crippen molar-refractivity contribution in [3.8, 4) is 5.75 Å². The van der Waals surface area contributed by atoms with Crippen molar-refractivity contribution in [2.75, 3.05) is 7.11 Å². The van der Waals surface area contributed by atoms with Gasteiger partial charge in [-0.3, -0.25) is 4.79 Å².